The molecule has 0 radical (unpaired) electrons. The number of para-hydroxylation sites is 1. The van der Waals surface area contributed by atoms with Gasteiger partial charge in [0.05, 0.1) is 11.3 Å². The van der Waals surface area contributed by atoms with Crippen molar-refractivity contribution in [3.05, 3.63) is 94.3 Å². The molecule has 2 heterocycles. The van der Waals surface area contributed by atoms with E-state index in [1.807, 2.05) is 49.4 Å². The summed E-state index contributed by atoms with van der Waals surface area (Å²) in [5, 5.41) is 2.20. The Balaban J connectivity index is 1.59. The standard InChI is InChI=1S/C27H18N4O3/c1-15-25(27(34)31(30(15)2)16-8-4-3-5-9-16)29-21-13-12-20-23-19(14-22(32)28-20)17-10-6-7-11-18(17)26(33)24(21)23/h3-14H,1-2H3/p+1. The number of aromatic nitrogens is 1. The van der Waals surface area contributed by atoms with Crippen LogP contribution >= 0.6 is 0 Å². The average Bonchev–Trinajstić information content (AvgIpc) is 3.06. The summed E-state index contributed by atoms with van der Waals surface area (Å²) in [6, 6.07) is 21.5. The molecule has 0 fully saturated rings. The zero-order valence-corrected chi connectivity index (χ0v) is 18.5. The van der Waals surface area contributed by atoms with E-state index in [-0.39, 0.29) is 23.0 Å². The van der Waals surface area contributed by atoms with Crippen LogP contribution in [0.4, 0.5) is 11.4 Å². The summed E-state index contributed by atoms with van der Waals surface area (Å²) in [6.07, 6.45) is 0. The number of amides is 1. The van der Waals surface area contributed by atoms with Gasteiger partial charge in [-0.3, -0.25) is 14.4 Å². The number of ketones is 1. The Labute approximate surface area is 194 Å². The molecule has 4 aromatic rings. The first kappa shape index (κ1) is 20.0. The Morgan fingerprint density at radius 2 is 1.56 bits per heavy atom. The molecule has 0 unspecified atom stereocenters. The maximum absolute atomic E-state index is 13.6. The highest BCUT2D eigenvalue weighted by molar-refractivity contribution is 6.69. The monoisotopic (exact) mass is 447 g/mol. The second-order valence-electron chi connectivity index (χ2n) is 8.33. The number of H-pyrrole nitrogens is 1. The number of nitrogens with zero attached hydrogens (tertiary/aromatic N) is 3. The Bertz CT molecular complexity index is 1680. The molecule has 6 rings (SSSR count). The van der Waals surface area contributed by atoms with Crippen LogP contribution < -0.4 is 10.6 Å². The summed E-state index contributed by atoms with van der Waals surface area (Å²) in [7, 11) is 1.80. The highest BCUT2D eigenvalue weighted by Crippen LogP contribution is 2.41. The zero-order valence-electron chi connectivity index (χ0n) is 18.5. The predicted molar refractivity (Wildman–Crippen MR) is 131 cm³/mol. The number of nitrogens with one attached hydrogen (secondary N) is 1. The van der Waals surface area contributed by atoms with Crippen LogP contribution in [0.15, 0.2) is 82.6 Å². The number of carbonyl (C=O) groups excluding carboxylic acids is 2. The van der Waals surface area contributed by atoms with Gasteiger partial charge >= 0.3 is 5.91 Å². The van der Waals surface area contributed by atoms with Gasteiger partial charge in [-0.05, 0) is 35.4 Å². The fourth-order valence-electron chi connectivity index (χ4n) is 4.74. The van der Waals surface area contributed by atoms with Crippen molar-refractivity contribution in [1.29, 1.82) is 0 Å². The normalized spacial score (nSPS) is 16.1. The van der Waals surface area contributed by atoms with Crippen LogP contribution in [-0.2, 0) is 4.79 Å². The van der Waals surface area contributed by atoms with E-state index in [0.717, 1.165) is 11.3 Å². The van der Waals surface area contributed by atoms with E-state index in [9.17, 15) is 14.4 Å². The van der Waals surface area contributed by atoms with Crippen molar-refractivity contribution in [3.8, 4) is 11.1 Å². The lowest BCUT2D eigenvalue weighted by molar-refractivity contribution is -0.495. The van der Waals surface area contributed by atoms with Gasteiger partial charge in [-0.15, -0.1) is 4.68 Å². The van der Waals surface area contributed by atoms with Crippen molar-refractivity contribution in [3.63, 3.8) is 0 Å². The Morgan fingerprint density at radius 1 is 0.853 bits per heavy atom. The lowest BCUT2D eigenvalue weighted by Gasteiger charge is -2.20. The first-order valence-corrected chi connectivity index (χ1v) is 10.9. The second-order valence-corrected chi connectivity index (χ2v) is 8.33. The Kier molecular flexibility index (Phi) is 4.22. The molecule has 7 heteroatoms. The molecule has 1 aromatic heterocycles. The minimum atomic E-state index is -0.274. The van der Waals surface area contributed by atoms with Crippen LogP contribution in [0.5, 0.6) is 0 Å². The largest absolute Gasteiger partial charge is 0.338 e. The van der Waals surface area contributed by atoms with E-state index in [0.29, 0.717) is 39.0 Å². The summed E-state index contributed by atoms with van der Waals surface area (Å²) in [4.78, 5) is 46.9. The second kappa shape index (κ2) is 7.18. The number of hydrogen-bond donors (Lipinski definition) is 1. The van der Waals surface area contributed by atoms with Crippen molar-refractivity contribution in [2.24, 2.45) is 4.99 Å². The molecule has 0 bridgehead atoms. The molecule has 7 nitrogen and oxygen atoms in total. The summed E-state index contributed by atoms with van der Waals surface area (Å²) in [5.41, 5.74) is 4.68. The van der Waals surface area contributed by atoms with E-state index in [4.69, 9.17) is 4.99 Å². The molecule has 1 aliphatic carbocycles. The highest BCUT2D eigenvalue weighted by Gasteiger charge is 2.42. The number of hydrazine groups is 1. The SMILES string of the molecule is CC1=[N+](C)N(c2ccccc2)C(=O)C1=Nc1ccc2[nH]c(=O)cc3c2c1C(=O)c1ccccc1-3. The van der Waals surface area contributed by atoms with Crippen molar-refractivity contribution in [2.75, 3.05) is 12.1 Å². The number of aromatic amines is 1. The lowest BCUT2D eigenvalue weighted by Crippen LogP contribution is -2.34. The molecule has 0 atom stereocenters. The molecule has 164 valence electrons. The van der Waals surface area contributed by atoms with E-state index in [2.05, 4.69) is 4.98 Å². The number of hydrazone groups is 1. The molecule has 0 saturated carbocycles. The van der Waals surface area contributed by atoms with Gasteiger partial charge in [-0.2, -0.15) is 0 Å². The molecule has 34 heavy (non-hydrogen) atoms. The summed E-state index contributed by atoms with van der Waals surface area (Å²) in [6.45, 7) is 1.83. The smallest absolute Gasteiger partial charge is 0.322 e. The number of fused-ring (bicyclic) bond motifs is 2. The lowest BCUT2D eigenvalue weighted by atomic mass is 9.83. The molecule has 0 saturated heterocycles. The summed E-state index contributed by atoms with van der Waals surface area (Å²) >= 11 is 0. The average molecular weight is 447 g/mol. The van der Waals surface area contributed by atoms with Gasteiger partial charge in [-0.1, -0.05) is 47.5 Å². The van der Waals surface area contributed by atoms with Gasteiger partial charge < -0.3 is 4.98 Å². The maximum atomic E-state index is 13.6. The van der Waals surface area contributed by atoms with Crippen LogP contribution in [0.25, 0.3) is 22.0 Å². The summed E-state index contributed by atoms with van der Waals surface area (Å²) < 4.78 is 1.75. The van der Waals surface area contributed by atoms with E-state index in [1.165, 1.54) is 6.07 Å². The number of pyridine rings is 1. The van der Waals surface area contributed by atoms with E-state index >= 15 is 0 Å². The van der Waals surface area contributed by atoms with Crippen molar-refractivity contribution in [2.45, 2.75) is 6.92 Å². The molecule has 3 aromatic carbocycles. The number of rotatable bonds is 2. The molecule has 1 N–H and O–H groups in total. The number of aliphatic imine (C=N–C) groups is 1. The third kappa shape index (κ3) is 2.73. The number of carbonyl (C=O) groups is 2. The van der Waals surface area contributed by atoms with Crippen LogP contribution in [0.3, 0.4) is 0 Å². The molecule has 0 spiro atoms. The third-order valence-electron chi connectivity index (χ3n) is 6.43. The molecular formula is C27H19N4O3+. The van der Waals surface area contributed by atoms with Gasteiger partial charge in [-0.25, -0.2) is 4.99 Å². The van der Waals surface area contributed by atoms with E-state index < -0.39 is 0 Å². The Hall–Kier alpha value is -4.65. The van der Waals surface area contributed by atoms with Gasteiger partial charge in [0.15, 0.2) is 12.8 Å². The van der Waals surface area contributed by atoms with Gasteiger partial charge in [0.1, 0.15) is 5.69 Å². The van der Waals surface area contributed by atoms with Crippen molar-refractivity contribution >= 4 is 45.4 Å². The zero-order chi connectivity index (χ0) is 23.6. The maximum Gasteiger partial charge on any atom is 0.338 e. The highest BCUT2D eigenvalue weighted by atomic mass is 16.2. The van der Waals surface area contributed by atoms with Gasteiger partial charge in [0, 0.05) is 29.5 Å². The molecule has 2 aliphatic rings. The fourth-order valence-corrected chi connectivity index (χ4v) is 4.74. The number of hydrogen-bond acceptors (Lipinski definition) is 4. The number of benzene rings is 3. The van der Waals surface area contributed by atoms with Gasteiger partial charge in [0.25, 0.3) is 0 Å². The minimum Gasteiger partial charge on any atom is -0.322 e. The fraction of sp³-hybridized carbons (Fsp3) is 0.0741. The van der Waals surface area contributed by atoms with Gasteiger partial charge in [0.2, 0.25) is 17.0 Å². The molecule has 1 aliphatic heterocycles. The predicted octanol–water partition coefficient (Wildman–Crippen LogP) is 3.88. The third-order valence-corrected chi connectivity index (χ3v) is 6.43. The number of anilines is 1. The first-order chi connectivity index (χ1) is 16.5. The quantitative estimate of drug-likeness (QED) is 0.417. The van der Waals surface area contributed by atoms with Crippen molar-refractivity contribution < 1.29 is 14.3 Å². The van der Waals surface area contributed by atoms with Crippen LogP contribution in [0, 0.1) is 0 Å². The van der Waals surface area contributed by atoms with Crippen LogP contribution in [0.2, 0.25) is 0 Å². The van der Waals surface area contributed by atoms with Crippen LogP contribution in [-0.4, -0.2) is 39.8 Å². The molecular weight excluding hydrogens is 428 g/mol. The first-order valence-electron chi connectivity index (χ1n) is 10.9. The minimum absolute atomic E-state index is 0.184. The topological polar surface area (TPSA) is 85.6 Å². The molecule has 1 amide bonds. The Morgan fingerprint density at radius 3 is 2.32 bits per heavy atom. The van der Waals surface area contributed by atoms with Crippen molar-refractivity contribution in [1.82, 2.24) is 4.98 Å². The summed E-state index contributed by atoms with van der Waals surface area (Å²) in [5.74, 6) is -0.458. The van der Waals surface area contributed by atoms with Crippen LogP contribution in [0.1, 0.15) is 22.8 Å². The van der Waals surface area contributed by atoms with E-state index in [1.54, 1.807) is 41.0 Å².